The van der Waals surface area contributed by atoms with Crippen molar-refractivity contribution in [3.8, 4) is 5.75 Å². The number of ether oxygens (including phenoxy) is 2. The van der Waals surface area contributed by atoms with E-state index in [9.17, 15) is 0 Å². The average Bonchev–Trinajstić information content (AvgIpc) is 2.73. The quantitative estimate of drug-likeness (QED) is 0.908. The van der Waals surface area contributed by atoms with Crippen molar-refractivity contribution in [2.45, 2.75) is 71.4 Å². The summed E-state index contributed by atoms with van der Waals surface area (Å²) < 4.78 is 11.9. The van der Waals surface area contributed by atoms with Crippen LogP contribution in [0.4, 0.5) is 0 Å². The molecular weight excluding hydrogens is 288 g/mol. The maximum atomic E-state index is 6.00. The number of aromatic nitrogens is 1. The third-order valence-corrected chi connectivity index (χ3v) is 4.45. The third kappa shape index (κ3) is 3.80. The molecule has 0 saturated carbocycles. The van der Waals surface area contributed by atoms with Gasteiger partial charge in [0, 0.05) is 17.5 Å². The highest BCUT2D eigenvalue weighted by Crippen LogP contribution is 2.29. The summed E-state index contributed by atoms with van der Waals surface area (Å²) in [6.45, 7) is 9.13. The van der Waals surface area contributed by atoms with Crippen molar-refractivity contribution in [1.29, 1.82) is 0 Å². The Bertz CT molecular complexity index is 584. The number of nitrogens with zero attached hydrogens (tertiary/aromatic N) is 1. The number of rotatable bonds is 3. The molecule has 23 heavy (non-hydrogen) atoms. The van der Waals surface area contributed by atoms with Crippen molar-refractivity contribution in [3.05, 3.63) is 35.0 Å². The minimum Gasteiger partial charge on any atom is -0.486 e. The first-order chi connectivity index (χ1) is 10.9. The molecule has 0 aromatic carbocycles. The molecule has 4 nitrogen and oxygen atoms in total. The Morgan fingerprint density at radius 2 is 2.04 bits per heavy atom. The molecule has 1 aliphatic heterocycles. The lowest BCUT2D eigenvalue weighted by molar-refractivity contribution is 0.0712. The van der Waals surface area contributed by atoms with Gasteiger partial charge in [0.25, 0.3) is 0 Å². The number of aryl methyl sites for hydroxylation is 1. The van der Waals surface area contributed by atoms with Crippen molar-refractivity contribution < 1.29 is 9.47 Å². The summed E-state index contributed by atoms with van der Waals surface area (Å²) in [5.74, 6) is 1.96. The van der Waals surface area contributed by atoms with Gasteiger partial charge in [-0.05, 0) is 37.8 Å². The van der Waals surface area contributed by atoms with Gasteiger partial charge >= 0.3 is 0 Å². The van der Waals surface area contributed by atoms with Crippen LogP contribution < -0.4 is 10.1 Å². The molecule has 1 N–H and O–H groups in total. The number of hydrogen-bond donors (Lipinski definition) is 1. The van der Waals surface area contributed by atoms with E-state index in [1.54, 1.807) is 0 Å². The van der Waals surface area contributed by atoms with Crippen LogP contribution in [-0.2, 0) is 10.2 Å². The maximum Gasteiger partial charge on any atom is 0.203 e. The molecule has 0 fully saturated rings. The van der Waals surface area contributed by atoms with Crippen molar-refractivity contribution in [1.82, 2.24) is 10.3 Å². The summed E-state index contributed by atoms with van der Waals surface area (Å²) in [6, 6.07) is 2.07. The first-order valence-electron chi connectivity index (χ1n) is 8.68. The van der Waals surface area contributed by atoms with Crippen LogP contribution in [-0.4, -0.2) is 17.8 Å². The van der Waals surface area contributed by atoms with E-state index in [0.29, 0.717) is 6.61 Å². The number of allylic oxidation sites excluding steroid dienone is 2. The smallest absolute Gasteiger partial charge is 0.203 e. The molecule has 1 aromatic heterocycles. The van der Waals surface area contributed by atoms with Gasteiger partial charge in [0.1, 0.15) is 18.1 Å². The fourth-order valence-electron chi connectivity index (χ4n) is 3.39. The van der Waals surface area contributed by atoms with Crippen LogP contribution in [0.15, 0.2) is 23.7 Å². The second kappa shape index (κ2) is 6.42. The van der Waals surface area contributed by atoms with Gasteiger partial charge in [-0.15, -0.1) is 0 Å². The SMILES string of the molecule is Cc1cc(OCC2NC3=C(CCCCC3)O2)cnc1C(C)(C)C. The van der Waals surface area contributed by atoms with Gasteiger partial charge in [-0.2, -0.15) is 0 Å². The van der Waals surface area contributed by atoms with Gasteiger partial charge in [-0.3, -0.25) is 4.98 Å². The molecule has 4 heteroatoms. The molecular formula is C19H28N2O2. The molecule has 0 amide bonds. The maximum absolute atomic E-state index is 6.00. The molecule has 0 spiro atoms. The summed E-state index contributed by atoms with van der Waals surface area (Å²) in [5.41, 5.74) is 3.63. The standard InChI is InChI=1S/C19H28N2O2/c1-13-10-14(11-20-18(13)19(2,3)4)22-12-17-21-15-8-6-5-7-9-16(15)23-17/h10-11,17,21H,5-9,12H2,1-4H3. The van der Waals surface area contributed by atoms with Crippen LogP contribution in [0.5, 0.6) is 5.75 Å². The van der Waals surface area contributed by atoms with Crippen LogP contribution in [0.3, 0.4) is 0 Å². The van der Waals surface area contributed by atoms with E-state index in [0.717, 1.165) is 30.0 Å². The Labute approximate surface area is 139 Å². The molecule has 126 valence electrons. The molecule has 2 heterocycles. The van der Waals surface area contributed by atoms with Gasteiger partial charge in [0.2, 0.25) is 6.23 Å². The van der Waals surface area contributed by atoms with E-state index in [1.807, 2.05) is 6.20 Å². The summed E-state index contributed by atoms with van der Waals surface area (Å²) in [6.07, 6.45) is 7.68. The molecule has 0 radical (unpaired) electrons. The molecule has 1 atom stereocenters. The zero-order chi connectivity index (χ0) is 16.4. The fourth-order valence-corrected chi connectivity index (χ4v) is 3.39. The van der Waals surface area contributed by atoms with Gasteiger partial charge in [-0.1, -0.05) is 27.2 Å². The topological polar surface area (TPSA) is 43.4 Å². The lowest BCUT2D eigenvalue weighted by Crippen LogP contribution is -2.30. The predicted molar refractivity (Wildman–Crippen MR) is 91.3 cm³/mol. The van der Waals surface area contributed by atoms with Crippen LogP contribution in [0.1, 0.15) is 64.1 Å². The Hall–Kier alpha value is -1.71. The molecule has 1 aromatic rings. The third-order valence-electron chi connectivity index (χ3n) is 4.45. The largest absolute Gasteiger partial charge is 0.486 e. The molecule has 1 aliphatic carbocycles. The minimum atomic E-state index is -0.0688. The van der Waals surface area contributed by atoms with Gasteiger partial charge in [0.05, 0.1) is 11.9 Å². The van der Waals surface area contributed by atoms with E-state index in [4.69, 9.17) is 9.47 Å². The Balaban J connectivity index is 1.57. The summed E-state index contributed by atoms with van der Waals surface area (Å²) in [7, 11) is 0. The lowest BCUT2D eigenvalue weighted by Gasteiger charge is -2.21. The van der Waals surface area contributed by atoms with Crippen molar-refractivity contribution in [2.24, 2.45) is 0 Å². The lowest BCUT2D eigenvalue weighted by atomic mass is 9.89. The number of pyridine rings is 1. The van der Waals surface area contributed by atoms with Crippen LogP contribution in [0, 0.1) is 6.92 Å². The van der Waals surface area contributed by atoms with E-state index in [-0.39, 0.29) is 11.6 Å². The van der Waals surface area contributed by atoms with Crippen molar-refractivity contribution >= 4 is 0 Å². The first kappa shape index (κ1) is 16.2. The van der Waals surface area contributed by atoms with Crippen molar-refractivity contribution in [3.63, 3.8) is 0 Å². The Morgan fingerprint density at radius 1 is 1.26 bits per heavy atom. The molecule has 3 rings (SSSR count). The van der Waals surface area contributed by atoms with Crippen LogP contribution in [0.25, 0.3) is 0 Å². The molecule has 2 aliphatic rings. The van der Waals surface area contributed by atoms with Gasteiger partial charge in [0.15, 0.2) is 0 Å². The predicted octanol–water partition coefficient (Wildman–Crippen LogP) is 4.19. The zero-order valence-corrected chi connectivity index (χ0v) is 14.7. The van der Waals surface area contributed by atoms with E-state index in [1.165, 1.54) is 30.5 Å². The summed E-state index contributed by atoms with van der Waals surface area (Å²) in [5, 5.41) is 3.47. The highest BCUT2D eigenvalue weighted by atomic mass is 16.6. The average molecular weight is 316 g/mol. The second-order valence-corrected chi connectivity index (χ2v) is 7.61. The fraction of sp³-hybridized carbons (Fsp3) is 0.632. The van der Waals surface area contributed by atoms with Gasteiger partial charge < -0.3 is 14.8 Å². The highest BCUT2D eigenvalue weighted by molar-refractivity contribution is 5.32. The highest BCUT2D eigenvalue weighted by Gasteiger charge is 2.26. The van der Waals surface area contributed by atoms with Crippen molar-refractivity contribution in [2.75, 3.05) is 6.61 Å². The van der Waals surface area contributed by atoms with Crippen LogP contribution in [0.2, 0.25) is 0 Å². The molecule has 1 unspecified atom stereocenters. The zero-order valence-electron chi connectivity index (χ0n) is 14.7. The number of hydrogen-bond acceptors (Lipinski definition) is 4. The molecule has 0 bridgehead atoms. The minimum absolute atomic E-state index is 0.0558. The number of nitrogens with one attached hydrogen (secondary N) is 1. The Kier molecular flexibility index (Phi) is 4.51. The Morgan fingerprint density at radius 3 is 2.78 bits per heavy atom. The normalized spacial score (nSPS) is 21.3. The molecule has 0 saturated heterocycles. The second-order valence-electron chi connectivity index (χ2n) is 7.61. The van der Waals surface area contributed by atoms with E-state index in [2.05, 4.69) is 44.1 Å². The monoisotopic (exact) mass is 316 g/mol. The van der Waals surface area contributed by atoms with E-state index >= 15 is 0 Å². The van der Waals surface area contributed by atoms with Crippen LogP contribution >= 0.6 is 0 Å². The summed E-state index contributed by atoms with van der Waals surface area (Å²) in [4.78, 5) is 4.58. The first-order valence-corrected chi connectivity index (χ1v) is 8.68. The van der Waals surface area contributed by atoms with Gasteiger partial charge in [-0.25, -0.2) is 0 Å². The summed E-state index contributed by atoms with van der Waals surface area (Å²) >= 11 is 0. The van der Waals surface area contributed by atoms with E-state index < -0.39 is 0 Å².